The van der Waals surface area contributed by atoms with E-state index in [0.717, 1.165) is 5.56 Å². The van der Waals surface area contributed by atoms with Crippen molar-refractivity contribution in [1.82, 2.24) is 5.32 Å². The molecular weight excluding hydrogens is 284 g/mol. The first-order valence-electron chi connectivity index (χ1n) is 5.92. The first-order chi connectivity index (χ1) is 9.47. The van der Waals surface area contributed by atoms with Crippen molar-refractivity contribution in [2.45, 2.75) is 19.3 Å². The number of hydrogen-bond acceptors (Lipinski definition) is 3. The van der Waals surface area contributed by atoms with Gasteiger partial charge < -0.3 is 10.4 Å². The standard InChI is InChI=1S/C12H16N2O5S/c15-11(5-6-12(16)17)13-8-7-9-1-3-10(4-2-9)14-20(18)19/h1-4,14H,5-8H2,(H,13,15)(H,16,17)(H,18,19). The minimum Gasteiger partial charge on any atom is -0.481 e. The van der Waals surface area contributed by atoms with Gasteiger partial charge >= 0.3 is 5.97 Å². The Bertz CT molecular complexity index is 489. The van der Waals surface area contributed by atoms with Gasteiger partial charge in [-0.3, -0.25) is 18.9 Å². The SMILES string of the molecule is O=C(O)CCC(=O)NCCc1ccc(NS(=O)O)cc1. The molecule has 1 aromatic carbocycles. The van der Waals surface area contributed by atoms with Crippen LogP contribution in [0.2, 0.25) is 0 Å². The van der Waals surface area contributed by atoms with Gasteiger partial charge in [-0.2, -0.15) is 0 Å². The minimum atomic E-state index is -2.10. The molecule has 0 aliphatic carbocycles. The molecule has 0 aromatic heterocycles. The fourth-order valence-corrected chi connectivity index (χ4v) is 1.83. The number of nitrogens with one attached hydrogen (secondary N) is 2. The maximum absolute atomic E-state index is 11.3. The van der Waals surface area contributed by atoms with Gasteiger partial charge in [0.15, 0.2) is 0 Å². The highest BCUT2D eigenvalue weighted by atomic mass is 32.2. The zero-order chi connectivity index (χ0) is 15.0. The summed E-state index contributed by atoms with van der Waals surface area (Å²) < 4.78 is 21.5. The molecule has 8 heteroatoms. The van der Waals surface area contributed by atoms with E-state index in [1.54, 1.807) is 24.3 Å². The van der Waals surface area contributed by atoms with Crippen molar-refractivity contribution in [2.75, 3.05) is 11.3 Å². The number of rotatable bonds is 8. The van der Waals surface area contributed by atoms with Crippen molar-refractivity contribution < 1.29 is 23.5 Å². The predicted octanol–water partition coefficient (Wildman–Crippen LogP) is 0.759. The van der Waals surface area contributed by atoms with Crippen LogP contribution in [-0.4, -0.2) is 32.3 Å². The summed E-state index contributed by atoms with van der Waals surface area (Å²) >= 11 is -2.10. The van der Waals surface area contributed by atoms with Crippen LogP contribution in [0.15, 0.2) is 24.3 Å². The number of anilines is 1. The molecule has 1 aromatic rings. The maximum atomic E-state index is 11.3. The van der Waals surface area contributed by atoms with Crippen LogP contribution in [0.1, 0.15) is 18.4 Å². The molecule has 1 unspecified atom stereocenters. The van der Waals surface area contributed by atoms with E-state index in [9.17, 15) is 13.8 Å². The summed E-state index contributed by atoms with van der Waals surface area (Å²) in [4.78, 5) is 21.5. The number of hydrogen-bond donors (Lipinski definition) is 4. The summed E-state index contributed by atoms with van der Waals surface area (Å²) in [6, 6.07) is 6.88. The van der Waals surface area contributed by atoms with Gasteiger partial charge in [0.1, 0.15) is 0 Å². The van der Waals surface area contributed by atoms with Crippen molar-refractivity contribution >= 4 is 28.8 Å². The number of carbonyl (C=O) groups excluding carboxylic acids is 1. The van der Waals surface area contributed by atoms with Crippen molar-refractivity contribution in [3.63, 3.8) is 0 Å². The fraction of sp³-hybridized carbons (Fsp3) is 0.333. The summed E-state index contributed by atoms with van der Waals surface area (Å²) in [5.41, 5.74) is 1.48. The predicted molar refractivity (Wildman–Crippen MR) is 74.4 cm³/mol. The highest BCUT2D eigenvalue weighted by Crippen LogP contribution is 2.10. The van der Waals surface area contributed by atoms with Crippen LogP contribution in [0, 0.1) is 0 Å². The maximum Gasteiger partial charge on any atom is 0.303 e. The lowest BCUT2D eigenvalue weighted by Crippen LogP contribution is -2.26. The molecule has 110 valence electrons. The Kier molecular flexibility index (Phi) is 6.68. The molecule has 0 radical (unpaired) electrons. The molecule has 0 bridgehead atoms. The molecule has 0 spiro atoms. The van der Waals surface area contributed by atoms with Gasteiger partial charge in [0, 0.05) is 18.7 Å². The summed E-state index contributed by atoms with van der Waals surface area (Å²) in [6.07, 6.45) is 0.395. The highest BCUT2D eigenvalue weighted by Gasteiger charge is 2.04. The van der Waals surface area contributed by atoms with Crippen LogP contribution < -0.4 is 10.0 Å². The van der Waals surface area contributed by atoms with Gasteiger partial charge in [-0.05, 0) is 24.1 Å². The Morgan fingerprint density at radius 1 is 1.15 bits per heavy atom. The second kappa shape index (κ2) is 8.28. The summed E-state index contributed by atoms with van der Waals surface area (Å²) in [5.74, 6) is -1.29. The third-order valence-corrected chi connectivity index (χ3v) is 2.87. The Labute approximate surface area is 118 Å². The van der Waals surface area contributed by atoms with Crippen molar-refractivity contribution in [3.8, 4) is 0 Å². The van der Waals surface area contributed by atoms with E-state index >= 15 is 0 Å². The van der Waals surface area contributed by atoms with E-state index in [2.05, 4.69) is 10.0 Å². The average Bonchev–Trinajstić information content (AvgIpc) is 2.38. The van der Waals surface area contributed by atoms with Crippen LogP contribution in [0.4, 0.5) is 5.69 Å². The zero-order valence-corrected chi connectivity index (χ0v) is 11.5. The molecule has 1 rings (SSSR count). The van der Waals surface area contributed by atoms with Gasteiger partial charge in [-0.25, -0.2) is 4.21 Å². The zero-order valence-electron chi connectivity index (χ0n) is 10.7. The van der Waals surface area contributed by atoms with E-state index in [4.69, 9.17) is 9.66 Å². The van der Waals surface area contributed by atoms with Crippen LogP contribution in [0.3, 0.4) is 0 Å². The van der Waals surface area contributed by atoms with E-state index < -0.39 is 17.2 Å². The molecule has 1 amide bonds. The highest BCUT2D eigenvalue weighted by molar-refractivity contribution is 7.80. The molecule has 0 saturated carbocycles. The Balaban J connectivity index is 2.29. The number of carbonyl (C=O) groups is 2. The molecule has 7 nitrogen and oxygen atoms in total. The van der Waals surface area contributed by atoms with Gasteiger partial charge in [0.25, 0.3) is 11.3 Å². The van der Waals surface area contributed by atoms with E-state index in [0.29, 0.717) is 18.7 Å². The van der Waals surface area contributed by atoms with Gasteiger partial charge in [-0.1, -0.05) is 12.1 Å². The molecule has 0 heterocycles. The largest absolute Gasteiger partial charge is 0.481 e. The van der Waals surface area contributed by atoms with Crippen LogP contribution in [-0.2, 0) is 27.3 Å². The van der Waals surface area contributed by atoms with Gasteiger partial charge in [0.05, 0.1) is 6.42 Å². The van der Waals surface area contributed by atoms with Crippen molar-refractivity contribution in [3.05, 3.63) is 29.8 Å². The Morgan fingerprint density at radius 2 is 1.80 bits per heavy atom. The molecule has 0 aliphatic heterocycles. The second-order valence-corrected chi connectivity index (χ2v) is 4.74. The van der Waals surface area contributed by atoms with Gasteiger partial charge in [0.2, 0.25) is 5.91 Å². The first kappa shape index (κ1) is 16.1. The number of carboxylic acids is 1. The van der Waals surface area contributed by atoms with Crippen molar-refractivity contribution in [2.24, 2.45) is 0 Å². The quantitative estimate of drug-likeness (QED) is 0.529. The Hall–Kier alpha value is -1.93. The Morgan fingerprint density at radius 3 is 2.35 bits per heavy atom. The fourth-order valence-electron chi connectivity index (χ4n) is 1.50. The van der Waals surface area contributed by atoms with Crippen LogP contribution in [0.5, 0.6) is 0 Å². The van der Waals surface area contributed by atoms with Crippen molar-refractivity contribution in [1.29, 1.82) is 0 Å². The normalized spacial score (nSPS) is 11.7. The molecular formula is C12H16N2O5S. The monoisotopic (exact) mass is 300 g/mol. The third-order valence-electron chi connectivity index (χ3n) is 2.46. The lowest BCUT2D eigenvalue weighted by molar-refractivity contribution is -0.138. The number of amides is 1. The molecule has 0 saturated heterocycles. The topological polar surface area (TPSA) is 116 Å². The summed E-state index contributed by atoms with van der Waals surface area (Å²) in [6.45, 7) is 0.414. The third kappa shape index (κ3) is 6.86. The summed E-state index contributed by atoms with van der Waals surface area (Å²) in [7, 11) is 0. The average molecular weight is 300 g/mol. The number of benzene rings is 1. The lowest BCUT2D eigenvalue weighted by atomic mass is 10.1. The first-order valence-corrected chi connectivity index (χ1v) is 7.03. The van der Waals surface area contributed by atoms with E-state index in [1.165, 1.54) is 0 Å². The van der Waals surface area contributed by atoms with E-state index in [-0.39, 0.29) is 18.7 Å². The second-order valence-electron chi connectivity index (χ2n) is 4.04. The smallest absolute Gasteiger partial charge is 0.303 e. The lowest BCUT2D eigenvalue weighted by Gasteiger charge is -2.06. The number of carboxylic acid groups (broad SMARTS) is 1. The summed E-state index contributed by atoms with van der Waals surface area (Å²) in [5, 5.41) is 11.1. The minimum absolute atomic E-state index is 0.0273. The molecule has 4 N–H and O–H groups in total. The molecule has 20 heavy (non-hydrogen) atoms. The molecule has 0 fully saturated rings. The van der Waals surface area contributed by atoms with Crippen LogP contribution >= 0.6 is 0 Å². The van der Waals surface area contributed by atoms with Gasteiger partial charge in [-0.15, -0.1) is 0 Å². The molecule has 1 atom stereocenters. The van der Waals surface area contributed by atoms with E-state index in [1.807, 2.05) is 0 Å². The number of aliphatic carboxylic acids is 1. The molecule has 0 aliphatic rings. The van der Waals surface area contributed by atoms with Crippen LogP contribution in [0.25, 0.3) is 0 Å².